The van der Waals surface area contributed by atoms with E-state index in [0.29, 0.717) is 16.7 Å². The first kappa shape index (κ1) is 21.1. The van der Waals surface area contributed by atoms with E-state index < -0.39 is 10.1 Å². The van der Waals surface area contributed by atoms with Crippen LogP contribution in [0.5, 0.6) is 0 Å². The van der Waals surface area contributed by atoms with Gasteiger partial charge in [-0.1, -0.05) is 24.6 Å². The van der Waals surface area contributed by atoms with Gasteiger partial charge in [-0.25, -0.2) is 8.42 Å². The Morgan fingerprint density at radius 2 is 1.59 bits per heavy atom. The molecule has 0 bridgehead atoms. The number of rotatable bonds is 7. The highest BCUT2D eigenvalue weighted by Gasteiger charge is 2.16. The van der Waals surface area contributed by atoms with Crippen LogP contribution in [0.15, 0.2) is 29.2 Å². The molecule has 0 radical (unpaired) electrons. The monoisotopic (exact) mass is 346 g/mol. The maximum absolute atomic E-state index is 11.2. The minimum Gasteiger partial charge on any atom is -0.744 e. The maximum atomic E-state index is 11.2. The smallest absolute Gasteiger partial charge is 0.181 e. The van der Waals surface area contributed by atoms with E-state index in [4.69, 9.17) is 0 Å². The van der Waals surface area contributed by atoms with Gasteiger partial charge in [0.2, 0.25) is 0 Å². The lowest BCUT2D eigenvalue weighted by Gasteiger charge is -2.05. The Morgan fingerprint density at radius 3 is 1.95 bits per heavy atom. The predicted molar refractivity (Wildman–Crippen MR) is 92.4 cm³/mol. The normalized spacial score (nSPS) is 11.0. The van der Waals surface area contributed by atoms with Crippen molar-refractivity contribution in [3.05, 3.63) is 29.8 Å². The Hall–Kier alpha value is -0.850. The number of ketones is 1. The van der Waals surface area contributed by atoms with E-state index in [0.717, 1.165) is 24.2 Å². The van der Waals surface area contributed by atoms with Gasteiger partial charge < -0.3 is 4.55 Å². The van der Waals surface area contributed by atoms with E-state index in [-0.39, 0.29) is 4.90 Å². The molecule has 0 aliphatic carbocycles. The van der Waals surface area contributed by atoms with E-state index in [2.05, 4.69) is 20.8 Å². The number of aryl methyl sites for hydroxylation is 1. The highest BCUT2D eigenvalue weighted by atomic mass is 32.2. The summed E-state index contributed by atoms with van der Waals surface area (Å²) in [5.41, 5.74) is 0.928. The van der Waals surface area contributed by atoms with Crippen LogP contribution in [0, 0.1) is 6.92 Å². The van der Waals surface area contributed by atoms with Crippen LogP contribution in [0.4, 0.5) is 0 Å². The average molecular weight is 347 g/mol. The van der Waals surface area contributed by atoms with Gasteiger partial charge in [-0.3, -0.25) is 4.79 Å². The van der Waals surface area contributed by atoms with E-state index >= 15 is 0 Å². The molecule has 0 atom stereocenters. The fourth-order valence-corrected chi connectivity index (χ4v) is 3.58. The summed E-state index contributed by atoms with van der Waals surface area (Å²) >= 11 is 0. The highest BCUT2D eigenvalue weighted by Crippen LogP contribution is 2.08. The summed E-state index contributed by atoms with van der Waals surface area (Å²) in [5, 5.41) is 0. The summed E-state index contributed by atoms with van der Waals surface area (Å²) in [6.45, 7) is 8.23. The third-order valence-corrected chi connectivity index (χ3v) is 6.23. The molecule has 126 valence electrons. The van der Waals surface area contributed by atoms with Crippen molar-refractivity contribution < 1.29 is 17.8 Å². The molecule has 0 saturated heterocycles. The molecular formula is C16H26O4S2. The minimum absolute atomic E-state index is 0.178. The van der Waals surface area contributed by atoms with Crippen molar-refractivity contribution in [3.8, 4) is 0 Å². The van der Waals surface area contributed by atoms with Gasteiger partial charge in [0.15, 0.2) is 11.5 Å². The van der Waals surface area contributed by atoms with Crippen LogP contribution in [0.25, 0.3) is 0 Å². The van der Waals surface area contributed by atoms with Crippen LogP contribution in [0.1, 0.15) is 39.2 Å². The third kappa shape index (κ3) is 9.23. The first-order valence-electron chi connectivity index (χ1n) is 7.42. The molecule has 0 fully saturated rings. The summed E-state index contributed by atoms with van der Waals surface area (Å²) in [7, 11) is -3.89. The third-order valence-electron chi connectivity index (χ3n) is 3.02. The summed E-state index contributed by atoms with van der Waals surface area (Å²) in [4.78, 5) is 11.0. The Bertz CT molecular complexity index is 532. The van der Waals surface area contributed by atoms with Gasteiger partial charge in [-0.2, -0.15) is 0 Å². The largest absolute Gasteiger partial charge is 0.744 e. The fraction of sp³-hybridized carbons (Fsp3) is 0.562. The summed E-state index contributed by atoms with van der Waals surface area (Å²) in [6.07, 6.45) is 1.78. The van der Waals surface area contributed by atoms with Crippen LogP contribution in [-0.4, -0.2) is 36.0 Å². The molecule has 1 aromatic rings. The average Bonchev–Trinajstić information content (AvgIpc) is 2.45. The molecule has 1 rings (SSSR count). The van der Waals surface area contributed by atoms with Crippen LogP contribution in [0.3, 0.4) is 0 Å². The van der Waals surface area contributed by atoms with Crippen LogP contribution in [-0.2, 0) is 25.8 Å². The first-order valence-corrected chi connectivity index (χ1v) is 10.6. The van der Waals surface area contributed by atoms with Gasteiger partial charge in [-0.15, -0.1) is 0 Å². The van der Waals surface area contributed by atoms with Crippen molar-refractivity contribution >= 4 is 26.8 Å². The summed E-state index contributed by atoms with van der Waals surface area (Å²) in [5.74, 6) is 3.64. The number of carbonyl (C=O) groups excluding carboxylic acids is 1. The topological polar surface area (TPSA) is 74.3 Å². The molecule has 6 heteroatoms. The molecule has 0 aliphatic heterocycles. The van der Waals surface area contributed by atoms with Gasteiger partial charge in [-0.05, 0) is 50.2 Å². The standard InChI is InChI=1S/C9H19OS.C7H8O3S/c1-4-7-9(10)8-11(5-2)6-3;1-6-2-4-7(5-3-6)11(8,9)10/h4-8H2,1-3H3;2-5H,1H3,(H,8,9,10)/q+1;/p-1. The van der Waals surface area contributed by atoms with Gasteiger partial charge >= 0.3 is 0 Å². The molecule has 4 nitrogen and oxygen atoms in total. The van der Waals surface area contributed by atoms with Crippen molar-refractivity contribution in [2.75, 3.05) is 17.3 Å². The maximum Gasteiger partial charge on any atom is 0.181 e. The lowest BCUT2D eigenvalue weighted by atomic mass is 10.2. The first-order chi connectivity index (χ1) is 10.2. The fourth-order valence-electron chi connectivity index (χ4n) is 1.69. The molecule has 0 aliphatic rings. The van der Waals surface area contributed by atoms with Gasteiger partial charge in [0.1, 0.15) is 21.6 Å². The summed E-state index contributed by atoms with van der Waals surface area (Å²) in [6, 6.07) is 5.78. The van der Waals surface area contributed by atoms with Gasteiger partial charge in [0.25, 0.3) is 0 Å². The Balaban J connectivity index is 0.000000401. The zero-order valence-electron chi connectivity index (χ0n) is 13.8. The van der Waals surface area contributed by atoms with Crippen molar-refractivity contribution in [1.29, 1.82) is 0 Å². The van der Waals surface area contributed by atoms with Crippen LogP contribution in [0.2, 0.25) is 0 Å². The zero-order valence-corrected chi connectivity index (χ0v) is 15.4. The van der Waals surface area contributed by atoms with Gasteiger partial charge in [0.05, 0.1) is 4.90 Å². The van der Waals surface area contributed by atoms with E-state index in [1.54, 1.807) is 12.1 Å². The number of hydrogen-bond donors (Lipinski definition) is 0. The Labute approximate surface area is 137 Å². The van der Waals surface area contributed by atoms with Crippen molar-refractivity contribution in [3.63, 3.8) is 0 Å². The van der Waals surface area contributed by atoms with Crippen molar-refractivity contribution in [2.24, 2.45) is 0 Å². The van der Waals surface area contributed by atoms with Crippen LogP contribution >= 0.6 is 0 Å². The highest BCUT2D eigenvalue weighted by molar-refractivity contribution is 7.97. The van der Waals surface area contributed by atoms with E-state index in [1.807, 2.05) is 6.92 Å². The van der Waals surface area contributed by atoms with Crippen LogP contribution < -0.4 is 0 Å². The lowest BCUT2D eigenvalue weighted by Crippen LogP contribution is -2.19. The SMILES string of the molecule is CCCC(=O)C[S+](CC)CC.Cc1ccc(S(=O)(=O)[O-])cc1. The molecule has 0 aromatic heterocycles. The quantitative estimate of drug-likeness (QED) is 0.562. The Morgan fingerprint density at radius 1 is 1.09 bits per heavy atom. The van der Waals surface area contributed by atoms with E-state index in [1.165, 1.54) is 23.6 Å². The molecule has 22 heavy (non-hydrogen) atoms. The molecule has 0 N–H and O–H groups in total. The molecule has 0 amide bonds. The minimum atomic E-state index is -4.27. The number of Topliss-reactive ketones (excluding diaryl/α,β-unsaturated/α-hetero) is 1. The molecule has 1 aromatic carbocycles. The van der Waals surface area contributed by atoms with Crippen molar-refractivity contribution in [2.45, 2.75) is 45.4 Å². The lowest BCUT2D eigenvalue weighted by molar-refractivity contribution is -0.116. The second kappa shape index (κ2) is 10.8. The zero-order chi connectivity index (χ0) is 17.2. The molecule has 0 spiro atoms. The predicted octanol–water partition coefficient (Wildman–Crippen LogP) is 2.91. The molecule has 0 heterocycles. The number of benzene rings is 1. The van der Waals surface area contributed by atoms with Crippen molar-refractivity contribution in [1.82, 2.24) is 0 Å². The summed E-state index contributed by atoms with van der Waals surface area (Å²) < 4.78 is 31.2. The molecule has 0 unspecified atom stereocenters. The second-order valence-electron chi connectivity index (χ2n) is 4.89. The number of carbonyl (C=O) groups is 1. The molecular weight excluding hydrogens is 320 g/mol. The molecule has 0 saturated carbocycles. The number of hydrogen-bond acceptors (Lipinski definition) is 4. The Kier molecular flexibility index (Phi) is 10.4. The second-order valence-corrected chi connectivity index (χ2v) is 8.94. The van der Waals surface area contributed by atoms with Gasteiger partial charge in [0, 0.05) is 6.42 Å². The van der Waals surface area contributed by atoms with E-state index in [9.17, 15) is 17.8 Å².